The molecule has 0 spiro atoms. The third-order valence-electron chi connectivity index (χ3n) is 2.80. The number of nitrogens with one attached hydrogen (secondary N) is 2. The lowest BCUT2D eigenvalue weighted by atomic mass is 10.2. The van der Waals surface area contributed by atoms with Crippen molar-refractivity contribution < 1.29 is 12.8 Å². The van der Waals surface area contributed by atoms with Crippen molar-refractivity contribution in [2.24, 2.45) is 0 Å². The summed E-state index contributed by atoms with van der Waals surface area (Å²) in [5.74, 6) is -0.602. The highest BCUT2D eigenvalue weighted by molar-refractivity contribution is 7.92. The predicted molar refractivity (Wildman–Crippen MR) is 81.4 cm³/mol. The van der Waals surface area contributed by atoms with Gasteiger partial charge in [-0.3, -0.25) is 4.72 Å². The highest BCUT2D eigenvalue weighted by Gasteiger charge is 2.18. The molecular formula is C14H14ClFN2O2S. The van der Waals surface area contributed by atoms with Crippen LogP contribution in [0.5, 0.6) is 0 Å². The van der Waals surface area contributed by atoms with Crippen LogP contribution in [0, 0.1) is 5.82 Å². The predicted octanol–water partition coefficient (Wildman–Crippen LogP) is 3.00. The molecule has 0 aliphatic rings. The lowest BCUT2D eigenvalue weighted by Gasteiger charge is -2.12. The molecule has 0 saturated heterocycles. The molecule has 21 heavy (non-hydrogen) atoms. The lowest BCUT2D eigenvalue weighted by Crippen LogP contribution is -2.17. The smallest absolute Gasteiger partial charge is 0.262 e. The van der Waals surface area contributed by atoms with Gasteiger partial charge in [-0.05, 0) is 36.9 Å². The van der Waals surface area contributed by atoms with Crippen LogP contribution >= 0.6 is 11.6 Å². The molecule has 2 aromatic carbocycles. The Bertz CT molecular complexity index is 750. The quantitative estimate of drug-likeness (QED) is 0.887. The van der Waals surface area contributed by atoms with Crippen molar-refractivity contribution in [1.29, 1.82) is 0 Å². The Kier molecular flexibility index (Phi) is 4.82. The van der Waals surface area contributed by atoms with Crippen molar-refractivity contribution in [3.05, 3.63) is 58.9 Å². The summed E-state index contributed by atoms with van der Waals surface area (Å²) in [5.41, 5.74) is 0.848. The van der Waals surface area contributed by atoms with Gasteiger partial charge >= 0.3 is 0 Å². The number of sulfonamides is 1. The highest BCUT2D eigenvalue weighted by atomic mass is 35.5. The van der Waals surface area contributed by atoms with Crippen LogP contribution in [0.4, 0.5) is 10.1 Å². The van der Waals surface area contributed by atoms with Crippen LogP contribution in [0.15, 0.2) is 47.4 Å². The second-order valence-corrected chi connectivity index (χ2v) is 6.43. The molecule has 0 aliphatic carbocycles. The summed E-state index contributed by atoms with van der Waals surface area (Å²) in [4.78, 5) is 0.166. The second-order valence-electron chi connectivity index (χ2n) is 4.37. The van der Waals surface area contributed by atoms with Gasteiger partial charge in [-0.2, -0.15) is 0 Å². The van der Waals surface area contributed by atoms with E-state index in [2.05, 4.69) is 10.0 Å². The van der Waals surface area contributed by atoms with Crippen LogP contribution in [0.3, 0.4) is 0 Å². The number of hydrogen-bond acceptors (Lipinski definition) is 3. The molecule has 0 bridgehead atoms. The number of halogens is 2. The summed E-state index contributed by atoms with van der Waals surface area (Å²) < 4.78 is 40.3. The van der Waals surface area contributed by atoms with Crippen LogP contribution in [0.25, 0.3) is 0 Å². The first-order valence-electron chi connectivity index (χ1n) is 6.14. The van der Waals surface area contributed by atoms with E-state index in [9.17, 15) is 12.8 Å². The summed E-state index contributed by atoms with van der Waals surface area (Å²) in [5, 5.41) is 2.77. The molecule has 112 valence electrons. The Labute approximate surface area is 128 Å². The summed E-state index contributed by atoms with van der Waals surface area (Å²) in [6.07, 6.45) is 0. The van der Waals surface area contributed by atoms with Crippen molar-refractivity contribution in [3.63, 3.8) is 0 Å². The highest BCUT2D eigenvalue weighted by Crippen LogP contribution is 2.23. The average molecular weight is 329 g/mol. The molecule has 2 rings (SSSR count). The molecule has 7 heteroatoms. The second kappa shape index (κ2) is 6.43. The molecule has 2 N–H and O–H groups in total. The van der Waals surface area contributed by atoms with Crippen LogP contribution in [-0.2, 0) is 16.6 Å². The van der Waals surface area contributed by atoms with Crippen molar-refractivity contribution in [2.45, 2.75) is 11.4 Å². The van der Waals surface area contributed by atoms with Crippen molar-refractivity contribution in [2.75, 3.05) is 11.8 Å². The number of rotatable bonds is 5. The Morgan fingerprint density at radius 1 is 1.19 bits per heavy atom. The molecular weight excluding hydrogens is 315 g/mol. The molecule has 0 heterocycles. The average Bonchev–Trinajstić information content (AvgIpc) is 2.43. The van der Waals surface area contributed by atoms with E-state index in [1.807, 2.05) is 0 Å². The maximum Gasteiger partial charge on any atom is 0.262 e. The van der Waals surface area contributed by atoms with E-state index in [1.54, 1.807) is 25.2 Å². The summed E-state index contributed by atoms with van der Waals surface area (Å²) >= 11 is 5.65. The van der Waals surface area contributed by atoms with Gasteiger partial charge in [0.05, 0.1) is 15.6 Å². The molecule has 2 aromatic rings. The third kappa shape index (κ3) is 3.72. The molecule has 0 amide bonds. The van der Waals surface area contributed by atoms with E-state index in [0.29, 0.717) is 12.1 Å². The van der Waals surface area contributed by atoms with E-state index in [4.69, 9.17) is 11.6 Å². The third-order valence-corrected chi connectivity index (χ3v) is 4.57. The summed E-state index contributed by atoms with van der Waals surface area (Å²) in [6, 6.07) is 10.3. The lowest BCUT2D eigenvalue weighted by molar-refractivity contribution is 0.599. The molecule has 0 aliphatic heterocycles. The molecule has 4 nitrogen and oxygen atoms in total. The van der Waals surface area contributed by atoms with Gasteiger partial charge in [0.1, 0.15) is 5.82 Å². The minimum Gasteiger partial charge on any atom is -0.316 e. The van der Waals surface area contributed by atoms with Gasteiger partial charge in [-0.15, -0.1) is 0 Å². The van der Waals surface area contributed by atoms with Gasteiger partial charge in [-0.1, -0.05) is 29.8 Å². The zero-order chi connectivity index (χ0) is 15.5. The Hall–Kier alpha value is -1.63. The Balaban J connectivity index is 2.36. The zero-order valence-electron chi connectivity index (χ0n) is 11.2. The monoisotopic (exact) mass is 328 g/mol. The minimum absolute atomic E-state index is 0.140. The van der Waals surface area contributed by atoms with Gasteiger partial charge < -0.3 is 5.32 Å². The standard InChI is InChI=1S/C14H14ClFN2O2S/c1-17-9-10-4-2-3-5-14(10)21(19,20)18-11-6-7-13(16)12(15)8-11/h2-8,17-18H,9H2,1H3. The van der Waals surface area contributed by atoms with Crippen molar-refractivity contribution in [3.8, 4) is 0 Å². The van der Waals surface area contributed by atoms with E-state index in [1.165, 1.54) is 18.2 Å². The summed E-state index contributed by atoms with van der Waals surface area (Å²) in [6.45, 7) is 0.418. The van der Waals surface area contributed by atoms with E-state index < -0.39 is 15.8 Å². The maximum atomic E-state index is 13.1. The fourth-order valence-electron chi connectivity index (χ4n) is 1.87. The van der Waals surface area contributed by atoms with Gasteiger partial charge in [-0.25, -0.2) is 12.8 Å². The normalized spacial score (nSPS) is 11.4. The maximum absolute atomic E-state index is 13.1. The molecule has 0 radical (unpaired) electrons. The Morgan fingerprint density at radius 2 is 1.90 bits per heavy atom. The molecule has 0 fully saturated rings. The van der Waals surface area contributed by atoms with Crippen LogP contribution in [-0.4, -0.2) is 15.5 Å². The first kappa shape index (κ1) is 15.8. The molecule has 0 unspecified atom stereocenters. The van der Waals surface area contributed by atoms with Gasteiger partial charge in [0.2, 0.25) is 0 Å². The first-order valence-corrected chi connectivity index (χ1v) is 8.00. The number of benzene rings is 2. The van der Waals surface area contributed by atoms with Gasteiger partial charge in [0, 0.05) is 6.54 Å². The minimum atomic E-state index is -3.77. The van der Waals surface area contributed by atoms with Crippen LogP contribution in [0.2, 0.25) is 5.02 Å². The fourth-order valence-corrected chi connectivity index (χ4v) is 3.34. The van der Waals surface area contributed by atoms with Gasteiger partial charge in [0.25, 0.3) is 10.0 Å². The van der Waals surface area contributed by atoms with Crippen LogP contribution in [0.1, 0.15) is 5.56 Å². The largest absolute Gasteiger partial charge is 0.316 e. The fraction of sp³-hybridized carbons (Fsp3) is 0.143. The Morgan fingerprint density at radius 3 is 2.57 bits per heavy atom. The zero-order valence-corrected chi connectivity index (χ0v) is 12.8. The SMILES string of the molecule is CNCc1ccccc1S(=O)(=O)Nc1ccc(F)c(Cl)c1. The summed E-state index contributed by atoms with van der Waals surface area (Å²) in [7, 11) is -2.03. The molecule has 0 saturated carbocycles. The van der Waals surface area contributed by atoms with Gasteiger partial charge in [0.15, 0.2) is 0 Å². The molecule has 0 atom stereocenters. The van der Waals surface area contributed by atoms with Crippen molar-refractivity contribution >= 4 is 27.3 Å². The number of hydrogen-bond donors (Lipinski definition) is 2. The molecule has 0 aromatic heterocycles. The van der Waals surface area contributed by atoms with Crippen molar-refractivity contribution in [1.82, 2.24) is 5.32 Å². The van der Waals surface area contributed by atoms with E-state index in [0.717, 1.165) is 6.07 Å². The topological polar surface area (TPSA) is 58.2 Å². The van der Waals surface area contributed by atoms with E-state index >= 15 is 0 Å². The first-order chi connectivity index (χ1) is 9.94. The number of anilines is 1. The van der Waals surface area contributed by atoms with Crippen LogP contribution < -0.4 is 10.0 Å². The van der Waals surface area contributed by atoms with E-state index in [-0.39, 0.29) is 15.6 Å².